The number of aromatic nitrogens is 2. The number of benzene rings is 1. The summed E-state index contributed by atoms with van der Waals surface area (Å²) in [5, 5.41) is 0. The average Bonchev–Trinajstić information content (AvgIpc) is 2.88. The summed E-state index contributed by atoms with van der Waals surface area (Å²) in [5.41, 5.74) is 3.81. The van der Waals surface area contributed by atoms with E-state index in [9.17, 15) is 0 Å². The normalized spacial score (nSPS) is 16.7. The van der Waals surface area contributed by atoms with Crippen molar-refractivity contribution in [3.05, 3.63) is 65.8 Å². The van der Waals surface area contributed by atoms with Crippen molar-refractivity contribution in [2.24, 2.45) is 0 Å². The maximum absolute atomic E-state index is 7.44. The second-order valence-electron chi connectivity index (χ2n) is 5.76. The van der Waals surface area contributed by atoms with E-state index in [2.05, 4.69) is 52.9 Å². The van der Waals surface area contributed by atoms with E-state index in [1.165, 1.54) is 0 Å². The number of aryl methyl sites for hydroxylation is 1. The van der Waals surface area contributed by atoms with Crippen LogP contribution >= 0.6 is 0 Å². The fraction of sp³-hybridized carbons (Fsp3) is 0.278. The van der Waals surface area contributed by atoms with Gasteiger partial charge in [0.05, 0.1) is 6.57 Å². The SMILES string of the molecule is [C-]#[N+]c1cc(N2C=CN(C)[C@H]2C)c(C)c(-[n+]2cccnc2C)c1. The van der Waals surface area contributed by atoms with Crippen molar-refractivity contribution in [3.63, 3.8) is 0 Å². The zero-order valence-electron chi connectivity index (χ0n) is 13.9. The van der Waals surface area contributed by atoms with Gasteiger partial charge in [0, 0.05) is 43.7 Å². The Bertz CT molecular complexity index is 819. The summed E-state index contributed by atoms with van der Waals surface area (Å²) < 4.78 is 2.03. The van der Waals surface area contributed by atoms with Crippen molar-refractivity contribution in [2.75, 3.05) is 11.9 Å². The van der Waals surface area contributed by atoms with Crippen molar-refractivity contribution in [1.29, 1.82) is 0 Å². The lowest BCUT2D eigenvalue weighted by Gasteiger charge is -2.29. The van der Waals surface area contributed by atoms with E-state index in [1.807, 2.05) is 35.9 Å². The first-order valence-electron chi connectivity index (χ1n) is 7.57. The Morgan fingerprint density at radius 2 is 2.04 bits per heavy atom. The van der Waals surface area contributed by atoms with Crippen LogP contribution in [0.1, 0.15) is 18.3 Å². The van der Waals surface area contributed by atoms with E-state index in [4.69, 9.17) is 6.57 Å². The van der Waals surface area contributed by atoms with Gasteiger partial charge in [-0.05, 0) is 26.0 Å². The van der Waals surface area contributed by atoms with E-state index in [0.717, 1.165) is 22.8 Å². The third-order valence-corrected chi connectivity index (χ3v) is 4.39. The summed E-state index contributed by atoms with van der Waals surface area (Å²) >= 11 is 0. The molecule has 1 aliphatic heterocycles. The summed E-state index contributed by atoms with van der Waals surface area (Å²) in [6.45, 7) is 13.6. The highest BCUT2D eigenvalue weighted by Gasteiger charge is 2.24. The van der Waals surface area contributed by atoms with Gasteiger partial charge in [-0.25, -0.2) is 9.41 Å². The minimum absolute atomic E-state index is 0.225. The molecule has 1 aliphatic rings. The maximum Gasteiger partial charge on any atom is 0.300 e. The van der Waals surface area contributed by atoms with Crippen LogP contribution in [0.25, 0.3) is 10.5 Å². The molecule has 1 aromatic heterocycles. The molecule has 2 heterocycles. The van der Waals surface area contributed by atoms with Gasteiger partial charge < -0.3 is 9.80 Å². The van der Waals surface area contributed by atoms with E-state index in [-0.39, 0.29) is 6.17 Å². The first-order chi connectivity index (χ1) is 11.0. The Balaban J connectivity index is 2.20. The third-order valence-electron chi connectivity index (χ3n) is 4.39. The second kappa shape index (κ2) is 5.73. The van der Waals surface area contributed by atoms with Crippen LogP contribution in [0.4, 0.5) is 11.4 Å². The highest BCUT2D eigenvalue weighted by molar-refractivity contribution is 5.70. The molecule has 0 saturated carbocycles. The molecule has 0 spiro atoms. The van der Waals surface area contributed by atoms with Gasteiger partial charge >= 0.3 is 0 Å². The number of anilines is 1. The van der Waals surface area contributed by atoms with Crippen molar-refractivity contribution in [2.45, 2.75) is 26.9 Å². The van der Waals surface area contributed by atoms with Gasteiger partial charge in [-0.1, -0.05) is 4.98 Å². The quantitative estimate of drug-likeness (QED) is 0.630. The van der Waals surface area contributed by atoms with Crippen LogP contribution in [-0.2, 0) is 0 Å². The largest absolute Gasteiger partial charge is 0.359 e. The molecule has 0 fully saturated rings. The average molecular weight is 306 g/mol. The van der Waals surface area contributed by atoms with Crippen molar-refractivity contribution >= 4 is 11.4 Å². The summed E-state index contributed by atoms with van der Waals surface area (Å²) in [4.78, 5) is 12.4. The predicted octanol–water partition coefficient (Wildman–Crippen LogP) is 3.09. The highest BCUT2D eigenvalue weighted by Crippen LogP contribution is 2.33. The number of nitrogens with zero attached hydrogens (tertiary/aromatic N) is 5. The van der Waals surface area contributed by atoms with Gasteiger partial charge in [0.25, 0.3) is 5.82 Å². The smallest absolute Gasteiger partial charge is 0.300 e. The molecule has 0 aliphatic carbocycles. The zero-order chi connectivity index (χ0) is 16.6. The molecule has 0 radical (unpaired) electrons. The molecular formula is C18H20N5+. The van der Waals surface area contributed by atoms with Crippen LogP contribution in [-0.4, -0.2) is 23.1 Å². The molecule has 5 heteroatoms. The van der Waals surface area contributed by atoms with Crippen LogP contribution in [0.5, 0.6) is 0 Å². The molecule has 1 atom stereocenters. The number of hydrogen-bond acceptors (Lipinski definition) is 3. The van der Waals surface area contributed by atoms with Gasteiger partial charge in [0.2, 0.25) is 0 Å². The van der Waals surface area contributed by atoms with Crippen LogP contribution in [0.3, 0.4) is 0 Å². The molecule has 0 amide bonds. The van der Waals surface area contributed by atoms with Crippen LogP contribution < -0.4 is 9.47 Å². The lowest BCUT2D eigenvalue weighted by atomic mass is 10.1. The Hall–Kier alpha value is -2.87. The molecule has 5 nitrogen and oxygen atoms in total. The standard InChI is InChI=1S/C18H20N5/c1-13-17(22-8-6-7-20-14(22)2)11-16(19-4)12-18(13)23-10-9-21(5)15(23)3/h6-12,15H,1-3,5H3/q+1/t15-/m1/s1. The van der Waals surface area contributed by atoms with Gasteiger partial charge in [-0.3, -0.25) is 0 Å². The molecule has 116 valence electrons. The lowest BCUT2D eigenvalue weighted by molar-refractivity contribution is -0.606. The van der Waals surface area contributed by atoms with Gasteiger partial charge in [0.15, 0.2) is 5.69 Å². The summed E-state index contributed by atoms with van der Waals surface area (Å²) in [5.74, 6) is 0.894. The molecule has 2 aromatic rings. The summed E-state index contributed by atoms with van der Waals surface area (Å²) in [7, 11) is 2.05. The molecule has 3 rings (SSSR count). The number of rotatable bonds is 2. The molecule has 0 N–H and O–H groups in total. The van der Waals surface area contributed by atoms with Gasteiger partial charge in [-0.15, -0.1) is 0 Å². The van der Waals surface area contributed by atoms with E-state index in [0.29, 0.717) is 5.69 Å². The molecular weight excluding hydrogens is 286 g/mol. The zero-order valence-corrected chi connectivity index (χ0v) is 13.9. The number of hydrogen-bond donors (Lipinski definition) is 0. The molecule has 0 saturated heterocycles. The van der Waals surface area contributed by atoms with Crippen LogP contribution in [0, 0.1) is 20.4 Å². The fourth-order valence-electron chi connectivity index (χ4n) is 2.86. The minimum atomic E-state index is 0.225. The maximum atomic E-state index is 7.44. The van der Waals surface area contributed by atoms with E-state index in [1.54, 1.807) is 6.20 Å². The molecule has 1 aromatic carbocycles. The Morgan fingerprint density at radius 1 is 1.26 bits per heavy atom. The van der Waals surface area contributed by atoms with E-state index < -0.39 is 0 Å². The van der Waals surface area contributed by atoms with Crippen molar-refractivity contribution in [3.8, 4) is 5.69 Å². The Labute approximate surface area is 136 Å². The van der Waals surface area contributed by atoms with Crippen molar-refractivity contribution < 1.29 is 4.57 Å². The summed E-state index contributed by atoms with van der Waals surface area (Å²) in [6.07, 6.45) is 8.10. The highest BCUT2D eigenvalue weighted by atomic mass is 15.4. The monoisotopic (exact) mass is 306 g/mol. The topological polar surface area (TPSA) is 27.6 Å². The first kappa shape index (κ1) is 15.0. The molecule has 0 bridgehead atoms. The van der Waals surface area contributed by atoms with Gasteiger partial charge in [-0.2, -0.15) is 0 Å². The van der Waals surface area contributed by atoms with Gasteiger partial charge in [0.1, 0.15) is 24.2 Å². The third kappa shape index (κ3) is 2.53. The molecule has 23 heavy (non-hydrogen) atoms. The lowest BCUT2D eigenvalue weighted by Crippen LogP contribution is -2.37. The predicted molar refractivity (Wildman–Crippen MR) is 90.3 cm³/mol. The molecule has 0 unspecified atom stereocenters. The first-order valence-corrected chi connectivity index (χ1v) is 7.57. The van der Waals surface area contributed by atoms with Crippen molar-refractivity contribution in [1.82, 2.24) is 9.88 Å². The van der Waals surface area contributed by atoms with Crippen LogP contribution in [0.15, 0.2) is 43.0 Å². The summed E-state index contributed by atoms with van der Waals surface area (Å²) in [6, 6.07) is 5.79. The second-order valence-corrected chi connectivity index (χ2v) is 5.76. The fourth-order valence-corrected chi connectivity index (χ4v) is 2.86. The minimum Gasteiger partial charge on any atom is -0.359 e. The van der Waals surface area contributed by atoms with Crippen LogP contribution in [0.2, 0.25) is 0 Å². The Kier molecular flexibility index (Phi) is 3.75. The van der Waals surface area contributed by atoms with E-state index >= 15 is 0 Å². The Morgan fingerprint density at radius 3 is 2.65 bits per heavy atom.